The van der Waals surface area contributed by atoms with Gasteiger partial charge in [0.2, 0.25) is 0 Å². The average molecular weight is 301 g/mol. The Morgan fingerprint density at radius 1 is 1.41 bits per heavy atom. The molecule has 0 amide bonds. The van der Waals surface area contributed by atoms with E-state index in [2.05, 4.69) is 9.88 Å². The van der Waals surface area contributed by atoms with Crippen molar-refractivity contribution in [3.63, 3.8) is 0 Å². The smallest absolute Gasteiger partial charge is 0.258 e. The Hall–Kier alpha value is -1.72. The van der Waals surface area contributed by atoms with E-state index in [-0.39, 0.29) is 17.7 Å². The number of pyridine rings is 1. The molecule has 2 aromatic heterocycles. The van der Waals surface area contributed by atoms with E-state index >= 15 is 0 Å². The summed E-state index contributed by atoms with van der Waals surface area (Å²) in [4.78, 5) is 19.0. The molecule has 5 heteroatoms. The third-order valence-corrected chi connectivity index (χ3v) is 4.52. The summed E-state index contributed by atoms with van der Waals surface area (Å²) in [7, 11) is 0. The number of likely N-dealkylation sites (tertiary alicyclic amines) is 1. The molecule has 22 heavy (non-hydrogen) atoms. The van der Waals surface area contributed by atoms with Gasteiger partial charge in [-0.25, -0.2) is 4.98 Å². The molecule has 2 aromatic rings. The lowest BCUT2D eigenvalue weighted by atomic mass is 9.96. The number of aliphatic hydroxyl groups is 1. The van der Waals surface area contributed by atoms with E-state index in [1.807, 2.05) is 25.1 Å². The lowest BCUT2D eigenvalue weighted by Crippen LogP contribution is -2.46. The van der Waals surface area contributed by atoms with Crippen molar-refractivity contribution in [3.8, 4) is 0 Å². The molecule has 1 aliphatic rings. The van der Waals surface area contributed by atoms with Gasteiger partial charge in [-0.1, -0.05) is 19.4 Å². The largest absolute Gasteiger partial charge is 0.392 e. The van der Waals surface area contributed by atoms with Crippen LogP contribution in [0.4, 0.5) is 0 Å². The summed E-state index contributed by atoms with van der Waals surface area (Å²) < 4.78 is 1.55. The van der Waals surface area contributed by atoms with Crippen LogP contribution in [0.5, 0.6) is 0 Å². The van der Waals surface area contributed by atoms with Crippen LogP contribution in [0.1, 0.15) is 38.3 Å². The standard InChI is InChI=1S/C17H23N3O2/c1-2-15(21)14-7-3-5-9-19(14)12-13-11-17(22)20-10-6-4-8-16(20)18-13/h4,6,8,10-11,14-15,21H,2-3,5,7,9,12H2,1H3. The topological polar surface area (TPSA) is 57.8 Å². The van der Waals surface area contributed by atoms with Gasteiger partial charge < -0.3 is 5.11 Å². The Balaban J connectivity index is 1.86. The molecule has 3 rings (SSSR count). The van der Waals surface area contributed by atoms with E-state index in [1.54, 1.807) is 16.7 Å². The van der Waals surface area contributed by atoms with Gasteiger partial charge in [-0.3, -0.25) is 14.1 Å². The Kier molecular flexibility index (Phi) is 4.55. The van der Waals surface area contributed by atoms with Gasteiger partial charge in [0.25, 0.3) is 5.56 Å². The van der Waals surface area contributed by atoms with Crippen molar-refractivity contribution in [1.29, 1.82) is 0 Å². The highest BCUT2D eigenvalue weighted by Crippen LogP contribution is 2.22. The van der Waals surface area contributed by atoms with Gasteiger partial charge in [-0.05, 0) is 37.9 Å². The first-order valence-electron chi connectivity index (χ1n) is 8.08. The maximum Gasteiger partial charge on any atom is 0.258 e. The highest BCUT2D eigenvalue weighted by Gasteiger charge is 2.28. The van der Waals surface area contributed by atoms with Gasteiger partial charge in [-0.15, -0.1) is 0 Å². The average Bonchev–Trinajstić information content (AvgIpc) is 2.55. The van der Waals surface area contributed by atoms with Crippen molar-refractivity contribution in [2.45, 2.75) is 51.3 Å². The van der Waals surface area contributed by atoms with Gasteiger partial charge in [0, 0.05) is 24.8 Å². The second-order valence-electron chi connectivity index (χ2n) is 6.02. The summed E-state index contributed by atoms with van der Waals surface area (Å²) in [6, 6.07) is 7.34. The van der Waals surface area contributed by atoms with Crippen molar-refractivity contribution >= 4 is 5.65 Å². The van der Waals surface area contributed by atoms with Crippen LogP contribution in [0.25, 0.3) is 5.65 Å². The van der Waals surface area contributed by atoms with Crippen LogP contribution >= 0.6 is 0 Å². The van der Waals surface area contributed by atoms with Crippen molar-refractivity contribution in [1.82, 2.24) is 14.3 Å². The van der Waals surface area contributed by atoms with E-state index < -0.39 is 0 Å². The van der Waals surface area contributed by atoms with Crippen LogP contribution in [0.3, 0.4) is 0 Å². The fourth-order valence-electron chi connectivity index (χ4n) is 3.31. The predicted molar refractivity (Wildman–Crippen MR) is 85.8 cm³/mol. The van der Waals surface area contributed by atoms with Gasteiger partial charge in [0.15, 0.2) is 0 Å². The number of aliphatic hydroxyl groups excluding tert-OH is 1. The molecule has 0 aromatic carbocycles. The van der Waals surface area contributed by atoms with Crippen LogP contribution in [0, 0.1) is 0 Å². The number of hydrogen-bond donors (Lipinski definition) is 1. The lowest BCUT2D eigenvalue weighted by Gasteiger charge is -2.38. The number of rotatable bonds is 4. The maximum absolute atomic E-state index is 12.2. The highest BCUT2D eigenvalue weighted by atomic mass is 16.3. The summed E-state index contributed by atoms with van der Waals surface area (Å²) in [6.07, 6.45) is 5.50. The van der Waals surface area contributed by atoms with Crippen LogP contribution < -0.4 is 5.56 Å². The molecule has 0 bridgehead atoms. The number of aromatic nitrogens is 2. The molecule has 3 heterocycles. The fourth-order valence-corrected chi connectivity index (χ4v) is 3.31. The van der Waals surface area contributed by atoms with Gasteiger partial charge in [-0.2, -0.15) is 0 Å². The van der Waals surface area contributed by atoms with E-state index in [1.165, 1.54) is 0 Å². The summed E-state index contributed by atoms with van der Waals surface area (Å²) in [5.41, 5.74) is 1.41. The van der Waals surface area contributed by atoms with E-state index in [0.29, 0.717) is 12.2 Å². The molecule has 1 N–H and O–H groups in total. The molecule has 1 saturated heterocycles. The third kappa shape index (κ3) is 3.05. The van der Waals surface area contributed by atoms with E-state index in [0.717, 1.165) is 37.9 Å². The quantitative estimate of drug-likeness (QED) is 0.936. The first-order valence-corrected chi connectivity index (χ1v) is 8.08. The Morgan fingerprint density at radius 3 is 3.09 bits per heavy atom. The Labute approximate surface area is 130 Å². The molecule has 5 nitrogen and oxygen atoms in total. The zero-order valence-corrected chi connectivity index (χ0v) is 13.0. The van der Waals surface area contributed by atoms with E-state index in [9.17, 15) is 9.90 Å². The summed E-state index contributed by atoms with van der Waals surface area (Å²) in [5.74, 6) is 0. The minimum absolute atomic E-state index is 0.0507. The number of nitrogens with zero attached hydrogens (tertiary/aromatic N) is 3. The zero-order chi connectivity index (χ0) is 15.5. The highest BCUT2D eigenvalue weighted by molar-refractivity contribution is 5.37. The van der Waals surface area contributed by atoms with Gasteiger partial charge in [0.05, 0.1) is 11.8 Å². The molecular weight excluding hydrogens is 278 g/mol. The first kappa shape index (κ1) is 15.2. The molecule has 0 aliphatic carbocycles. The van der Waals surface area contributed by atoms with E-state index in [4.69, 9.17) is 0 Å². The normalized spacial score (nSPS) is 21.1. The van der Waals surface area contributed by atoms with Crippen molar-refractivity contribution in [3.05, 3.63) is 46.5 Å². The Morgan fingerprint density at radius 2 is 2.27 bits per heavy atom. The number of hydrogen-bond acceptors (Lipinski definition) is 4. The Bertz CT molecular complexity index is 698. The molecular formula is C17H23N3O2. The number of piperidine rings is 1. The van der Waals surface area contributed by atoms with Crippen molar-refractivity contribution in [2.75, 3.05) is 6.54 Å². The SMILES string of the molecule is CCC(O)C1CCCCN1Cc1cc(=O)n2ccccc2n1. The molecule has 1 aliphatic heterocycles. The molecule has 0 radical (unpaired) electrons. The zero-order valence-electron chi connectivity index (χ0n) is 13.0. The predicted octanol–water partition coefficient (Wildman–Crippen LogP) is 1.82. The van der Waals surface area contributed by atoms with Gasteiger partial charge in [0.1, 0.15) is 5.65 Å². The second-order valence-corrected chi connectivity index (χ2v) is 6.02. The van der Waals surface area contributed by atoms with Crippen molar-refractivity contribution < 1.29 is 5.11 Å². The minimum atomic E-state index is -0.304. The van der Waals surface area contributed by atoms with Crippen LogP contribution in [0.2, 0.25) is 0 Å². The number of fused-ring (bicyclic) bond motifs is 1. The summed E-state index contributed by atoms with van der Waals surface area (Å²) >= 11 is 0. The fraction of sp³-hybridized carbons (Fsp3) is 0.529. The molecule has 1 fully saturated rings. The molecule has 0 spiro atoms. The minimum Gasteiger partial charge on any atom is -0.392 e. The third-order valence-electron chi connectivity index (χ3n) is 4.52. The summed E-state index contributed by atoms with van der Waals surface area (Å²) in [6.45, 7) is 3.60. The molecule has 2 atom stereocenters. The van der Waals surface area contributed by atoms with Crippen molar-refractivity contribution in [2.24, 2.45) is 0 Å². The van der Waals surface area contributed by atoms with Crippen LogP contribution in [-0.4, -0.2) is 38.1 Å². The second kappa shape index (κ2) is 6.58. The van der Waals surface area contributed by atoms with Crippen LogP contribution in [0.15, 0.2) is 35.3 Å². The molecule has 118 valence electrons. The first-order chi connectivity index (χ1) is 10.7. The molecule has 2 unspecified atom stereocenters. The molecule has 0 saturated carbocycles. The summed E-state index contributed by atoms with van der Waals surface area (Å²) in [5, 5.41) is 10.2. The monoisotopic (exact) mass is 301 g/mol. The lowest BCUT2D eigenvalue weighted by molar-refractivity contribution is 0.0189. The van der Waals surface area contributed by atoms with Gasteiger partial charge >= 0.3 is 0 Å². The maximum atomic E-state index is 12.2. The van der Waals surface area contributed by atoms with Crippen LogP contribution in [-0.2, 0) is 6.54 Å².